The molecule has 1 aliphatic rings. The average molecular weight is 267 g/mol. The number of rotatable bonds is 6. The monoisotopic (exact) mass is 267 g/mol. The zero-order valence-corrected chi connectivity index (χ0v) is 12.2. The second-order valence-electron chi connectivity index (χ2n) is 5.43. The van der Waals surface area contributed by atoms with Gasteiger partial charge in [0.15, 0.2) is 0 Å². The van der Waals surface area contributed by atoms with Crippen molar-refractivity contribution in [2.45, 2.75) is 50.8 Å². The molecule has 1 atom stereocenters. The standard InChI is InChI=1S/C14H25N3S/c1-12(9-15)10-18-11-13-7-8-17(16-13)14-5-3-2-4-6-14/h7-8,12,14H,2-6,9-11,15H2,1H3. The molecule has 1 fully saturated rings. The van der Waals surface area contributed by atoms with Crippen LogP contribution in [0.15, 0.2) is 12.3 Å². The Morgan fingerprint density at radius 2 is 2.22 bits per heavy atom. The third kappa shape index (κ3) is 4.02. The molecule has 102 valence electrons. The first-order valence-electron chi connectivity index (χ1n) is 7.11. The summed E-state index contributed by atoms with van der Waals surface area (Å²) >= 11 is 1.94. The van der Waals surface area contributed by atoms with Gasteiger partial charge in [-0.15, -0.1) is 0 Å². The van der Waals surface area contributed by atoms with Crippen molar-refractivity contribution >= 4 is 11.8 Å². The van der Waals surface area contributed by atoms with Crippen molar-refractivity contribution < 1.29 is 0 Å². The number of aromatic nitrogens is 2. The van der Waals surface area contributed by atoms with E-state index in [2.05, 4.69) is 23.9 Å². The summed E-state index contributed by atoms with van der Waals surface area (Å²) in [5.74, 6) is 2.76. The lowest BCUT2D eigenvalue weighted by Crippen LogP contribution is -2.14. The summed E-state index contributed by atoms with van der Waals surface area (Å²) in [7, 11) is 0. The normalized spacial score (nSPS) is 19.0. The zero-order chi connectivity index (χ0) is 12.8. The highest BCUT2D eigenvalue weighted by Gasteiger charge is 2.15. The Labute approximate surface area is 115 Å². The van der Waals surface area contributed by atoms with Crippen LogP contribution in [0.5, 0.6) is 0 Å². The van der Waals surface area contributed by atoms with E-state index in [0.717, 1.165) is 18.1 Å². The highest BCUT2D eigenvalue weighted by Crippen LogP contribution is 2.27. The van der Waals surface area contributed by atoms with Gasteiger partial charge < -0.3 is 5.73 Å². The van der Waals surface area contributed by atoms with E-state index in [9.17, 15) is 0 Å². The van der Waals surface area contributed by atoms with Gasteiger partial charge in [0.05, 0.1) is 11.7 Å². The number of nitrogens with zero attached hydrogens (tertiary/aromatic N) is 2. The van der Waals surface area contributed by atoms with E-state index in [1.165, 1.54) is 37.8 Å². The van der Waals surface area contributed by atoms with Crippen LogP contribution < -0.4 is 5.73 Å². The van der Waals surface area contributed by atoms with E-state index in [1.807, 2.05) is 11.8 Å². The van der Waals surface area contributed by atoms with Gasteiger partial charge in [-0.1, -0.05) is 26.2 Å². The molecule has 0 amide bonds. The van der Waals surface area contributed by atoms with Gasteiger partial charge in [-0.2, -0.15) is 16.9 Å². The quantitative estimate of drug-likeness (QED) is 0.860. The van der Waals surface area contributed by atoms with Gasteiger partial charge in [0.1, 0.15) is 0 Å². The van der Waals surface area contributed by atoms with Crippen LogP contribution in [0.3, 0.4) is 0 Å². The van der Waals surface area contributed by atoms with Gasteiger partial charge in [-0.3, -0.25) is 4.68 Å². The lowest BCUT2D eigenvalue weighted by atomic mass is 9.96. The van der Waals surface area contributed by atoms with Crippen molar-refractivity contribution in [2.24, 2.45) is 11.7 Å². The van der Waals surface area contributed by atoms with Crippen LogP contribution in [0.25, 0.3) is 0 Å². The van der Waals surface area contributed by atoms with E-state index >= 15 is 0 Å². The Morgan fingerprint density at radius 1 is 1.44 bits per heavy atom. The third-order valence-corrected chi connectivity index (χ3v) is 4.97. The smallest absolute Gasteiger partial charge is 0.0723 e. The molecule has 2 rings (SSSR count). The molecule has 1 aliphatic carbocycles. The van der Waals surface area contributed by atoms with Gasteiger partial charge in [-0.05, 0) is 37.1 Å². The van der Waals surface area contributed by atoms with Gasteiger partial charge >= 0.3 is 0 Å². The second-order valence-corrected chi connectivity index (χ2v) is 6.47. The third-order valence-electron chi connectivity index (χ3n) is 3.67. The average Bonchev–Trinajstić information content (AvgIpc) is 2.88. The van der Waals surface area contributed by atoms with Gasteiger partial charge in [-0.25, -0.2) is 0 Å². The summed E-state index contributed by atoms with van der Waals surface area (Å²) in [6, 6.07) is 2.83. The van der Waals surface area contributed by atoms with E-state index in [-0.39, 0.29) is 0 Å². The zero-order valence-electron chi connectivity index (χ0n) is 11.3. The fraction of sp³-hybridized carbons (Fsp3) is 0.786. The van der Waals surface area contributed by atoms with Crippen molar-refractivity contribution in [3.8, 4) is 0 Å². The minimum Gasteiger partial charge on any atom is -0.330 e. The predicted octanol–water partition coefficient (Wildman–Crippen LogP) is 3.22. The van der Waals surface area contributed by atoms with E-state index in [4.69, 9.17) is 10.8 Å². The molecule has 1 aromatic heterocycles. The molecule has 3 nitrogen and oxygen atoms in total. The molecular formula is C14H25N3S. The topological polar surface area (TPSA) is 43.8 Å². The highest BCUT2D eigenvalue weighted by molar-refractivity contribution is 7.98. The minimum atomic E-state index is 0.607. The molecular weight excluding hydrogens is 242 g/mol. The Hall–Kier alpha value is -0.480. The summed E-state index contributed by atoms with van der Waals surface area (Å²) in [6.45, 7) is 2.98. The maximum atomic E-state index is 5.62. The lowest BCUT2D eigenvalue weighted by molar-refractivity contribution is 0.328. The van der Waals surface area contributed by atoms with Crippen LogP contribution in [0.2, 0.25) is 0 Å². The predicted molar refractivity (Wildman–Crippen MR) is 78.7 cm³/mol. The maximum absolute atomic E-state index is 5.62. The van der Waals surface area contributed by atoms with E-state index in [0.29, 0.717) is 12.0 Å². The second kappa shape index (κ2) is 7.19. The van der Waals surface area contributed by atoms with Crippen LogP contribution in [-0.4, -0.2) is 22.1 Å². The van der Waals surface area contributed by atoms with Crippen LogP contribution in [0.4, 0.5) is 0 Å². The molecule has 18 heavy (non-hydrogen) atoms. The highest BCUT2D eigenvalue weighted by atomic mass is 32.2. The molecule has 0 saturated heterocycles. The molecule has 4 heteroatoms. The van der Waals surface area contributed by atoms with E-state index in [1.54, 1.807) is 0 Å². The summed E-state index contributed by atoms with van der Waals surface area (Å²) < 4.78 is 2.20. The van der Waals surface area contributed by atoms with Gasteiger partial charge in [0.2, 0.25) is 0 Å². The number of thioether (sulfide) groups is 1. The Kier molecular flexibility index (Phi) is 5.57. The first kappa shape index (κ1) is 13.9. The first-order valence-corrected chi connectivity index (χ1v) is 8.27. The van der Waals surface area contributed by atoms with Gasteiger partial charge in [0.25, 0.3) is 0 Å². The molecule has 2 N–H and O–H groups in total. The Balaban J connectivity index is 1.78. The fourth-order valence-corrected chi connectivity index (χ4v) is 3.46. The van der Waals surface area contributed by atoms with Crippen LogP contribution >= 0.6 is 11.8 Å². The number of nitrogens with two attached hydrogens (primary N) is 1. The van der Waals surface area contributed by atoms with Crippen LogP contribution in [0.1, 0.15) is 50.8 Å². The van der Waals surface area contributed by atoms with E-state index < -0.39 is 0 Å². The van der Waals surface area contributed by atoms with Crippen LogP contribution in [0, 0.1) is 5.92 Å². The number of hydrogen-bond acceptors (Lipinski definition) is 3. The molecule has 0 aromatic carbocycles. The summed E-state index contributed by atoms with van der Waals surface area (Å²) in [5, 5.41) is 4.72. The molecule has 0 aliphatic heterocycles. The van der Waals surface area contributed by atoms with Crippen molar-refractivity contribution in [3.05, 3.63) is 18.0 Å². The fourth-order valence-electron chi connectivity index (χ4n) is 2.44. The summed E-state index contributed by atoms with van der Waals surface area (Å²) in [5.41, 5.74) is 6.84. The van der Waals surface area contributed by atoms with Crippen molar-refractivity contribution in [2.75, 3.05) is 12.3 Å². The molecule has 1 aromatic rings. The Bertz CT molecular complexity index is 345. The molecule has 1 saturated carbocycles. The summed E-state index contributed by atoms with van der Waals surface area (Å²) in [6.07, 6.45) is 8.90. The maximum Gasteiger partial charge on any atom is 0.0723 e. The molecule has 1 heterocycles. The molecule has 0 bridgehead atoms. The minimum absolute atomic E-state index is 0.607. The molecule has 1 unspecified atom stereocenters. The number of hydrogen-bond donors (Lipinski definition) is 1. The first-order chi connectivity index (χ1) is 8.79. The summed E-state index contributed by atoms with van der Waals surface area (Å²) in [4.78, 5) is 0. The van der Waals surface area contributed by atoms with Crippen molar-refractivity contribution in [3.63, 3.8) is 0 Å². The largest absolute Gasteiger partial charge is 0.330 e. The lowest BCUT2D eigenvalue weighted by Gasteiger charge is -2.21. The van der Waals surface area contributed by atoms with Crippen molar-refractivity contribution in [1.82, 2.24) is 9.78 Å². The van der Waals surface area contributed by atoms with Crippen LogP contribution in [-0.2, 0) is 5.75 Å². The molecule has 0 radical (unpaired) electrons. The SMILES string of the molecule is CC(CN)CSCc1ccn(C2CCCCC2)n1. The molecule has 0 spiro atoms. The van der Waals surface area contributed by atoms with Gasteiger partial charge in [0, 0.05) is 11.9 Å². The Morgan fingerprint density at radius 3 is 2.94 bits per heavy atom. The van der Waals surface area contributed by atoms with Crippen molar-refractivity contribution in [1.29, 1.82) is 0 Å².